The zero-order valence-electron chi connectivity index (χ0n) is 15.9. The number of rotatable bonds is 6. The molecule has 1 saturated heterocycles. The molecule has 0 radical (unpaired) electrons. The Morgan fingerprint density at radius 1 is 1.21 bits per heavy atom. The van der Waals surface area contributed by atoms with Crippen LogP contribution in [0.4, 0.5) is 10.1 Å². The molecule has 1 heterocycles. The van der Waals surface area contributed by atoms with Crippen LogP contribution in [-0.4, -0.2) is 38.3 Å². The van der Waals surface area contributed by atoms with E-state index < -0.39 is 21.8 Å². The summed E-state index contributed by atoms with van der Waals surface area (Å²) in [5, 5.41) is 2.86. The fourth-order valence-electron chi connectivity index (χ4n) is 3.21. The first-order chi connectivity index (χ1) is 13.8. The molecule has 1 aliphatic heterocycles. The highest BCUT2D eigenvalue weighted by Crippen LogP contribution is 2.27. The Morgan fingerprint density at radius 3 is 2.48 bits per heavy atom. The van der Waals surface area contributed by atoms with Gasteiger partial charge < -0.3 is 10.1 Å². The van der Waals surface area contributed by atoms with E-state index in [4.69, 9.17) is 16.3 Å². The number of carbonyl (C=O) groups is 1. The van der Waals surface area contributed by atoms with Gasteiger partial charge in [0, 0.05) is 24.0 Å². The lowest BCUT2D eigenvalue weighted by atomic mass is 9.97. The molecule has 0 atom stereocenters. The van der Waals surface area contributed by atoms with Crippen molar-refractivity contribution in [3.8, 4) is 5.75 Å². The normalized spacial score (nSPS) is 15.8. The maximum absolute atomic E-state index is 13.8. The van der Waals surface area contributed by atoms with Crippen molar-refractivity contribution in [1.29, 1.82) is 0 Å². The van der Waals surface area contributed by atoms with Gasteiger partial charge in [-0.1, -0.05) is 11.6 Å². The highest BCUT2D eigenvalue weighted by atomic mass is 35.5. The summed E-state index contributed by atoms with van der Waals surface area (Å²) in [5.41, 5.74) is 0.0203. The predicted molar refractivity (Wildman–Crippen MR) is 109 cm³/mol. The average Bonchev–Trinajstić information content (AvgIpc) is 2.71. The molecule has 2 aromatic carbocycles. The topological polar surface area (TPSA) is 75.7 Å². The van der Waals surface area contributed by atoms with Crippen LogP contribution in [0.2, 0.25) is 5.02 Å². The zero-order valence-corrected chi connectivity index (χ0v) is 17.5. The number of amides is 1. The molecule has 0 aliphatic carbocycles. The summed E-state index contributed by atoms with van der Waals surface area (Å²) in [6.45, 7) is 2.78. The van der Waals surface area contributed by atoms with Gasteiger partial charge in [-0.25, -0.2) is 12.8 Å². The van der Waals surface area contributed by atoms with Gasteiger partial charge in [-0.3, -0.25) is 4.79 Å². The molecule has 0 bridgehead atoms. The van der Waals surface area contributed by atoms with Crippen LogP contribution in [0.1, 0.15) is 19.8 Å². The van der Waals surface area contributed by atoms with Gasteiger partial charge in [0.2, 0.25) is 15.9 Å². The van der Waals surface area contributed by atoms with E-state index >= 15 is 0 Å². The molecule has 0 spiro atoms. The van der Waals surface area contributed by atoms with Crippen LogP contribution in [0.3, 0.4) is 0 Å². The number of carbonyl (C=O) groups excluding carboxylic acids is 1. The van der Waals surface area contributed by atoms with Crippen LogP contribution < -0.4 is 10.1 Å². The second-order valence-electron chi connectivity index (χ2n) is 6.70. The molecule has 9 heteroatoms. The van der Waals surface area contributed by atoms with E-state index in [1.807, 2.05) is 6.92 Å². The van der Waals surface area contributed by atoms with Gasteiger partial charge in [0.1, 0.15) is 11.6 Å². The van der Waals surface area contributed by atoms with Crippen LogP contribution in [-0.2, 0) is 14.8 Å². The summed E-state index contributed by atoms with van der Waals surface area (Å²) in [5.74, 6) is -0.710. The third kappa shape index (κ3) is 5.07. The molecule has 6 nitrogen and oxygen atoms in total. The minimum absolute atomic E-state index is 0.0203. The zero-order chi connectivity index (χ0) is 21.0. The summed E-state index contributed by atoms with van der Waals surface area (Å²) in [7, 11) is -3.65. The fourth-order valence-corrected chi connectivity index (χ4v) is 4.85. The summed E-state index contributed by atoms with van der Waals surface area (Å²) in [6.07, 6.45) is 0.703. The summed E-state index contributed by atoms with van der Waals surface area (Å²) >= 11 is 5.84. The number of anilines is 1. The van der Waals surface area contributed by atoms with Gasteiger partial charge >= 0.3 is 0 Å². The Labute approximate surface area is 174 Å². The molecule has 1 aliphatic rings. The maximum atomic E-state index is 13.8. The first-order valence-corrected chi connectivity index (χ1v) is 11.1. The third-order valence-corrected chi connectivity index (χ3v) is 6.93. The van der Waals surface area contributed by atoms with Crippen molar-refractivity contribution >= 4 is 33.2 Å². The molecule has 1 N–H and O–H groups in total. The summed E-state index contributed by atoms with van der Waals surface area (Å²) < 4.78 is 46.2. The van der Waals surface area contributed by atoms with Crippen molar-refractivity contribution in [3.63, 3.8) is 0 Å². The van der Waals surface area contributed by atoms with Crippen LogP contribution in [0.5, 0.6) is 5.75 Å². The molecule has 1 fully saturated rings. The van der Waals surface area contributed by atoms with Crippen LogP contribution in [0.25, 0.3) is 0 Å². The second kappa shape index (κ2) is 9.11. The fraction of sp³-hybridized carbons (Fsp3) is 0.350. The standard InChI is InChI=1S/C20H22ClFN2O4S/c1-2-28-16-4-6-17(7-5-16)29(26,27)24-11-9-14(10-12-24)20(25)23-19-13-15(21)3-8-18(19)22/h3-8,13-14H,2,9-12H2,1H3,(H,23,25). The molecule has 1 amide bonds. The number of nitrogens with zero attached hydrogens (tertiary/aromatic N) is 1. The van der Waals surface area contributed by atoms with Crippen molar-refractivity contribution in [2.45, 2.75) is 24.7 Å². The molecular formula is C20H22ClFN2O4S. The van der Waals surface area contributed by atoms with E-state index in [0.29, 0.717) is 30.2 Å². The van der Waals surface area contributed by atoms with E-state index in [0.717, 1.165) is 0 Å². The SMILES string of the molecule is CCOc1ccc(S(=O)(=O)N2CCC(C(=O)Nc3cc(Cl)ccc3F)CC2)cc1. The van der Waals surface area contributed by atoms with Gasteiger partial charge in [-0.05, 0) is 62.2 Å². The van der Waals surface area contributed by atoms with Crippen molar-refractivity contribution in [2.24, 2.45) is 5.92 Å². The maximum Gasteiger partial charge on any atom is 0.243 e. The Balaban J connectivity index is 1.61. The molecule has 0 aromatic heterocycles. The largest absolute Gasteiger partial charge is 0.494 e. The lowest BCUT2D eigenvalue weighted by molar-refractivity contribution is -0.120. The van der Waals surface area contributed by atoms with Gasteiger partial charge in [0.15, 0.2) is 0 Å². The summed E-state index contributed by atoms with van der Waals surface area (Å²) in [6, 6.07) is 10.2. The van der Waals surface area contributed by atoms with Crippen molar-refractivity contribution in [2.75, 3.05) is 25.0 Å². The second-order valence-corrected chi connectivity index (χ2v) is 9.07. The molecule has 2 aromatic rings. The van der Waals surface area contributed by atoms with Crippen molar-refractivity contribution in [1.82, 2.24) is 4.31 Å². The molecule has 0 unspecified atom stereocenters. The lowest BCUT2D eigenvalue weighted by Crippen LogP contribution is -2.41. The average molecular weight is 441 g/mol. The van der Waals surface area contributed by atoms with Crippen LogP contribution >= 0.6 is 11.6 Å². The Hall–Kier alpha value is -2.16. The lowest BCUT2D eigenvalue weighted by Gasteiger charge is -2.30. The van der Waals surface area contributed by atoms with Gasteiger partial charge in [-0.15, -0.1) is 0 Å². The number of sulfonamides is 1. The van der Waals surface area contributed by atoms with E-state index in [2.05, 4.69) is 5.32 Å². The number of halogens is 2. The van der Waals surface area contributed by atoms with Crippen LogP contribution in [0.15, 0.2) is 47.4 Å². The minimum atomic E-state index is -3.65. The number of piperidine rings is 1. The number of ether oxygens (including phenoxy) is 1. The van der Waals surface area contributed by atoms with E-state index in [9.17, 15) is 17.6 Å². The highest BCUT2D eigenvalue weighted by Gasteiger charge is 2.32. The number of hydrogen-bond acceptors (Lipinski definition) is 4. The van der Waals surface area contributed by atoms with Gasteiger partial charge in [0.25, 0.3) is 0 Å². The monoisotopic (exact) mass is 440 g/mol. The van der Waals surface area contributed by atoms with Crippen molar-refractivity contribution < 1.29 is 22.3 Å². The van der Waals surface area contributed by atoms with E-state index in [1.165, 1.54) is 34.6 Å². The first-order valence-electron chi connectivity index (χ1n) is 9.30. The quantitative estimate of drug-likeness (QED) is 0.738. The van der Waals surface area contributed by atoms with E-state index in [1.54, 1.807) is 12.1 Å². The Morgan fingerprint density at radius 2 is 1.86 bits per heavy atom. The number of benzene rings is 2. The highest BCUT2D eigenvalue weighted by molar-refractivity contribution is 7.89. The smallest absolute Gasteiger partial charge is 0.243 e. The summed E-state index contributed by atoms with van der Waals surface area (Å²) in [4.78, 5) is 12.6. The molecular weight excluding hydrogens is 419 g/mol. The minimum Gasteiger partial charge on any atom is -0.494 e. The Kier molecular flexibility index (Phi) is 6.77. The van der Waals surface area contributed by atoms with Crippen LogP contribution in [0, 0.1) is 11.7 Å². The van der Waals surface area contributed by atoms with Crippen molar-refractivity contribution in [3.05, 3.63) is 53.3 Å². The third-order valence-electron chi connectivity index (χ3n) is 4.78. The first kappa shape index (κ1) is 21.5. The predicted octanol–water partition coefficient (Wildman–Crippen LogP) is 3.92. The molecule has 0 saturated carbocycles. The molecule has 3 rings (SSSR count). The molecule has 156 valence electrons. The Bertz CT molecular complexity index is 974. The van der Waals surface area contributed by atoms with Gasteiger partial charge in [0.05, 0.1) is 17.2 Å². The molecule has 29 heavy (non-hydrogen) atoms. The number of nitrogens with one attached hydrogen (secondary N) is 1. The number of hydrogen-bond donors (Lipinski definition) is 1. The van der Waals surface area contributed by atoms with E-state index in [-0.39, 0.29) is 29.6 Å². The van der Waals surface area contributed by atoms with Gasteiger partial charge in [-0.2, -0.15) is 4.31 Å².